The molecule has 40 heavy (non-hydrogen) atoms. The van der Waals surface area contributed by atoms with E-state index in [0.29, 0.717) is 42.5 Å². The number of fused-ring (bicyclic) bond motifs is 2. The van der Waals surface area contributed by atoms with Crippen molar-refractivity contribution >= 4 is 45.1 Å². The van der Waals surface area contributed by atoms with Crippen molar-refractivity contribution in [3.05, 3.63) is 83.6 Å². The molecule has 3 heterocycles. The number of nitrogens with zero attached hydrogens (tertiary/aromatic N) is 5. The standard InChI is InChI=1S/C28H31N7O4S/c1-5-24(36)34-14-13-23(22-8-6-7-18(2)25(22)34)35-16-20-15-30-27(32-26(20)33(4)28(35)37)31-21-11-9-19(10-12-21)17-40(38,39)29-3/h5-12,15,23,29H,1,13-14,16-17H2,2-4H3,(H,30,31,32)/t23-/m0/s1. The van der Waals surface area contributed by atoms with E-state index in [1.54, 1.807) is 42.4 Å². The Bertz CT molecular complexity index is 1590. The maximum atomic E-state index is 13.6. The molecule has 2 aromatic carbocycles. The fourth-order valence-electron chi connectivity index (χ4n) is 5.24. The summed E-state index contributed by atoms with van der Waals surface area (Å²) in [5.74, 6) is 0.558. The lowest BCUT2D eigenvalue weighted by Crippen LogP contribution is -2.49. The molecular formula is C28H31N7O4S. The topological polar surface area (TPSA) is 128 Å². The van der Waals surface area contributed by atoms with Gasteiger partial charge in [0.1, 0.15) is 5.82 Å². The van der Waals surface area contributed by atoms with E-state index in [9.17, 15) is 18.0 Å². The zero-order chi connectivity index (χ0) is 28.6. The molecule has 0 radical (unpaired) electrons. The molecule has 5 rings (SSSR count). The van der Waals surface area contributed by atoms with Gasteiger partial charge in [-0.1, -0.05) is 36.9 Å². The lowest BCUT2D eigenvalue weighted by atomic mass is 9.91. The van der Waals surface area contributed by atoms with E-state index in [1.165, 1.54) is 18.0 Å². The average Bonchev–Trinajstić information content (AvgIpc) is 2.95. The van der Waals surface area contributed by atoms with Gasteiger partial charge in [0.25, 0.3) is 0 Å². The molecule has 11 nitrogen and oxygen atoms in total. The SMILES string of the molecule is C=CC(=O)N1CC[C@H](N2Cc3cnc(Nc4ccc(CS(=O)(=O)NC)cc4)nc3N(C)C2=O)c2cccc(C)c21. The minimum Gasteiger partial charge on any atom is -0.324 e. The van der Waals surface area contributed by atoms with E-state index in [1.807, 2.05) is 30.0 Å². The van der Waals surface area contributed by atoms with Gasteiger partial charge in [-0.15, -0.1) is 0 Å². The Balaban J connectivity index is 1.37. The molecule has 0 spiro atoms. The van der Waals surface area contributed by atoms with Crippen LogP contribution in [0, 0.1) is 6.92 Å². The van der Waals surface area contributed by atoms with Crippen LogP contribution < -0.4 is 19.8 Å². The average molecular weight is 562 g/mol. The van der Waals surface area contributed by atoms with Gasteiger partial charge in [-0.05, 0) is 55.3 Å². The smallest absolute Gasteiger partial charge is 0.324 e. The highest BCUT2D eigenvalue weighted by molar-refractivity contribution is 7.88. The number of hydrogen-bond acceptors (Lipinski definition) is 7. The fourth-order valence-corrected chi connectivity index (χ4v) is 6.01. The van der Waals surface area contributed by atoms with Crippen molar-refractivity contribution in [1.82, 2.24) is 19.6 Å². The van der Waals surface area contributed by atoms with Crippen LogP contribution in [-0.4, -0.2) is 55.9 Å². The Hall–Kier alpha value is -4.29. The molecule has 1 atom stereocenters. The van der Waals surface area contributed by atoms with Crippen LogP contribution in [0.3, 0.4) is 0 Å². The quantitative estimate of drug-likeness (QED) is 0.422. The van der Waals surface area contributed by atoms with E-state index < -0.39 is 10.0 Å². The van der Waals surface area contributed by atoms with Gasteiger partial charge in [0.05, 0.1) is 24.0 Å². The largest absolute Gasteiger partial charge is 0.326 e. The first-order valence-electron chi connectivity index (χ1n) is 12.8. The highest BCUT2D eigenvalue weighted by Gasteiger charge is 2.39. The first-order chi connectivity index (χ1) is 19.1. The van der Waals surface area contributed by atoms with Crippen molar-refractivity contribution < 1.29 is 18.0 Å². The number of anilines is 4. The molecule has 12 heteroatoms. The van der Waals surface area contributed by atoms with E-state index in [0.717, 1.165) is 22.4 Å². The summed E-state index contributed by atoms with van der Waals surface area (Å²) < 4.78 is 25.9. The molecule has 0 saturated carbocycles. The summed E-state index contributed by atoms with van der Waals surface area (Å²) in [5.41, 5.74) is 4.86. The van der Waals surface area contributed by atoms with Gasteiger partial charge in [0.2, 0.25) is 21.9 Å². The molecule has 0 unspecified atom stereocenters. The third kappa shape index (κ3) is 5.15. The van der Waals surface area contributed by atoms with Gasteiger partial charge < -0.3 is 15.1 Å². The number of para-hydroxylation sites is 1. The van der Waals surface area contributed by atoms with Gasteiger partial charge in [0, 0.05) is 31.0 Å². The molecular weight excluding hydrogens is 530 g/mol. The van der Waals surface area contributed by atoms with E-state index in [2.05, 4.69) is 26.6 Å². The number of urea groups is 1. The second-order valence-corrected chi connectivity index (χ2v) is 11.7. The Morgan fingerprint density at radius 3 is 2.65 bits per heavy atom. The van der Waals surface area contributed by atoms with Crippen molar-refractivity contribution in [3.63, 3.8) is 0 Å². The van der Waals surface area contributed by atoms with Crippen LogP contribution in [0.2, 0.25) is 0 Å². The molecule has 1 aromatic heterocycles. The Morgan fingerprint density at radius 1 is 1.20 bits per heavy atom. The maximum Gasteiger partial charge on any atom is 0.326 e. The van der Waals surface area contributed by atoms with Gasteiger partial charge in [-0.3, -0.25) is 9.69 Å². The number of aryl methyl sites for hydroxylation is 1. The molecule has 3 amide bonds. The molecule has 0 fully saturated rings. The van der Waals surface area contributed by atoms with Crippen LogP contribution in [0.15, 0.2) is 61.3 Å². The van der Waals surface area contributed by atoms with E-state index in [-0.39, 0.29) is 23.7 Å². The number of aromatic nitrogens is 2. The zero-order valence-electron chi connectivity index (χ0n) is 22.6. The predicted molar refractivity (Wildman–Crippen MR) is 154 cm³/mol. The van der Waals surface area contributed by atoms with Crippen molar-refractivity contribution in [1.29, 1.82) is 0 Å². The third-order valence-corrected chi connectivity index (χ3v) is 8.59. The molecule has 2 aliphatic heterocycles. The Labute approximate surface area is 233 Å². The Morgan fingerprint density at radius 2 is 1.95 bits per heavy atom. The van der Waals surface area contributed by atoms with Gasteiger partial charge >= 0.3 is 6.03 Å². The van der Waals surface area contributed by atoms with Crippen LogP contribution in [0.1, 0.15) is 34.7 Å². The maximum absolute atomic E-state index is 13.6. The van der Waals surface area contributed by atoms with Crippen LogP contribution in [0.5, 0.6) is 0 Å². The van der Waals surface area contributed by atoms with E-state index >= 15 is 0 Å². The molecule has 208 valence electrons. The summed E-state index contributed by atoms with van der Waals surface area (Å²) in [4.78, 5) is 40.3. The number of carbonyl (C=O) groups is 2. The number of sulfonamides is 1. The predicted octanol–water partition coefficient (Wildman–Crippen LogP) is 3.61. The van der Waals surface area contributed by atoms with E-state index in [4.69, 9.17) is 0 Å². The zero-order valence-corrected chi connectivity index (χ0v) is 23.4. The number of carbonyl (C=O) groups excluding carboxylic acids is 2. The third-order valence-electron chi connectivity index (χ3n) is 7.25. The minimum absolute atomic E-state index is 0.115. The van der Waals surface area contributed by atoms with Gasteiger partial charge in [-0.25, -0.2) is 22.9 Å². The van der Waals surface area contributed by atoms with Crippen LogP contribution in [0.4, 0.5) is 27.9 Å². The number of rotatable bonds is 7. The summed E-state index contributed by atoms with van der Waals surface area (Å²) in [6.45, 7) is 6.42. The number of amides is 3. The second-order valence-electron chi connectivity index (χ2n) is 9.81. The summed E-state index contributed by atoms with van der Waals surface area (Å²) in [5, 5.41) is 3.12. The molecule has 2 aliphatic rings. The van der Waals surface area contributed by atoms with Crippen LogP contribution >= 0.6 is 0 Å². The molecule has 0 saturated heterocycles. The molecule has 2 N–H and O–H groups in total. The highest BCUT2D eigenvalue weighted by atomic mass is 32.2. The van der Waals surface area contributed by atoms with Crippen molar-refractivity contribution in [2.45, 2.75) is 31.7 Å². The molecule has 3 aromatic rings. The molecule has 0 bridgehead atoms. The first kappa shape index (κ1) is 27.3. The summed E-state index contributed by atoms with van der Waals surface area (Å²) in [6.07, 6.45) is 3.62. The van der Waals surface area contributed by atoms with Gasteiger partial charge in [-0.2, -0.15) is 4.98 Å². The number of benzene rings is 2. The van der Waals surface area contributed by atoms with Crippen LogP contribution in [0.25, 0.3) is 0 Å². The lowest BCUT2D eigenvalue weighted by Gasteiger charge is -2.43. The lowest BCUT2D eigenvalue weighted by molar-refractivity contribution is -0.114. The fraction of sp³-hybridized carbons (Fsp3) is 0.286. The normalized spacial score (nSPS) is 16.8. The summed E-state index contributed by atoms with van der Waals surface area (Å²) >= 11 is 0. The number of nitrogens with one attached hydrogen (secondary N) is 2. The van der Waals surface area contributed by atoms with Crippen molar-refractivity contribution in [3.8, 4) is 0 Å². The summed E-state index contributed by atoms with van der Waals surface area (Å²) in [6, 6.07) is 12.4. The molecule has 0 aliphatic carbocycles. The number of hydrogen-bond donors (Lipinski definition) is 2. The van der Waals surface area contributed by atoms with Crippen LogP contribution in [-0.2, 0) is 27.1 Å². The minimum atomic E-state index is -3.36. The van der Waals surface area contributed by atoms with Crippen molar-refractivity contribution in [2.75, 3.05) is 35.8 Å². The first-order valence-corrected chi connectivity index (χ1v) is 14.5. The van der Waals surface area contributed by atoms with Gasteiger partial charge in [0.15, 0.2) is 0 Å². The monoisotopic (exact) mass is 561 g/mol. The second kappa shape index (κ2) is 10.7. The summed E-state index contributed by atoms with van der Waals surface area (Å²) in [7, 11) is -0.290. The Kier molecular flexibility index (Phi) is 7.30. The van der Waals surface area contributed by atoms with Crippen molar-refractivity contribution in [2.24, 2.45) is 0 Å². The highest BCUT2D eigenvalue weighted by Crippen LogP contribution is 2.42.